The van der Waals surface area contributed by atoms with Crippen LogP contribution in [0.1, 0.15) is 25.5 Å². The van der Waals surface area contributed by atoms with Crippen LogP contribution < -0.4 is 15.4 Å². The molecule has 106 valence electrons. The van der Waals surface area contributed by atoms with E-state index in [0.717, 1.165) is 0 Å². The molecule has 0 unspecified atom stereocenters. The van der Waals surface area contributed by atoms with E-state index in [1.54, 1.807) is 19.9 Å². The molecule has 0 aliphatic carbocycles. The molecule has 0 aliphatic heterocycles. The van der Waals surface area contributed by atoms with Crippen LogP contribution in [0.2, 0.25) is 0 Å². The number of halogens is 1. The summed E-state index contributed by atoms with van der Waals surface area (Å²) in [5.74, 6) is -0.312. The van der Waals surface area contributed by atoms with E-state index in [2.05, 4.69) is 10.6 Å². The minimum Gasteiger partial charge on any atom is -0.494 e. The third kappa shape index (κ3) is 4.75. The van der Waals surface area contributed by atoms with Gasteiger partial charge in [-0.3, -0.25) is 0 Å². The Morgan fingerprint density at radius 2 is 2.16 bits per heavy atom. The van der Waals surface area contributed by atoms with Gasteiger partial charge in [-0.05, 0) is 31.5 Å². The predicted octanol–water partition coefficient (Wildman–Crippen LogP) is 1.58. The molecule has 0 fully saturated rings. The molecule has 0 spiro atoms. The number of urea groups is 1. The first-order valence-electron chi connectivity index (χ1n) is 6.00. The number of carbonyl (C=O) groups excluding carboxylic acids is 1. The molecule has 0 saturated heterocycles. The second-order valence-corrected chi connectivity index (χ2v) is 4.32. The number of nitrogens with one attached hydrogen (secondary N) is 2. The first-order chi connectivity index (χ1) is 8.93. The van der Waals surface area contributed by atoms with Crippen LogP contribution in [0.25, 0.3) is 0 Å². The van der Waals surface area contributed by atoms with Crippen LogP contribution >= 0.6 is 0 Å². The third-order valence-corrected chi connectivity index (χ3v) is 2.58. The molecule has 5 nitrogen and oxygen atoms in total. The average Bonchev–Trinajstić information content (AvgIpc) is 2.36. The quantitative estimate of drug-likeness (QED) is 0.760. The molecule has 0 radical (unpaired) electrons. The maximum atomic E-state index is 13.5. The minimum absolute atomic E-state index is 0.162. The van der Waals surface area contributed by atoms with Crippen molar-refractivity contribution < 1.29 is 19.0 Å². The highest BCUT2D eigenvalue weighted by Crippen LogP contribution is 2.21. The summed E-state index contributed by atoms with van der Waals surface area (Å²) in [6.45, 7) is 3.47. The molecule has 0 heterocycles. The topological polar surface area (TPSA) is 70.6 Å². The van der Waals surface area contributed by atoms with Crippen LogP contribution in [0.15, 0.2) is 18.2 Å². The van der Waals surface area contributed by atoms with Gasteiger partial charge in [0.1, 0.15) is 0 Å². The molecule has 0 saturated carbocycles. The van der Waals surface area contributed by atoms with Gasteiger partial charge >= 0.3 is 6.03 Å². The summed E-state index contributed by atoms with van der Waals surface area (Å²) in [6, 6.07) is 3.75. The number of hydrogen-bond donors (Lipinski definition) is 3. The first kappa shape index (κ1) is 15.2. The largest absolute Gasteiger partial charge is 0.494 e. The molecule has 0 aromatic heterocycles. The lowest BCUT2D eigenvalue weighted by Gasteiger charge is -2.16. The van der Waals surface area contributed by atoms with Gasteiger partial charge in [-0.15, -0.1) is 0 Å². The fraction of sp³-hybridized carbons (Fsp3) is 0.462. The van der Waals surface area contributed by atoms with E-state index in [1.807, 2.05) is 0 Å². The van der Waals surface area contributed by atoms with Crippen molar-refractivity contribution in [1.82, 2.24) is 10.6 Å². The number of aliphatic hydroxyl groups excluding tert-OH is 1. The number of methoxy groups -OCH3 is 1. The van der Waals surface area contributed by atoms with Gasteiger partial charge in [0.05, 0.1) is 19.3 Å². The molecule has 2 amide bonds. The second kappa shape index (κ2) is 6.94. The van der Waals surface area contributed by atoms with Crippen LogP contribution in [0.4, 0.5) is 9.18 Å². The van der Waals surface area contributed by atoms with Crippen LogP contribution in [0.5, 0.6) is 5.75 Å². The molecule has 0 bridgehead atoms. The van der Waals surface area contributed by atoms with E-state index in [0.29, 0.717) is 5.56 Å². The summed E-state index contributed by atoms with van der Waals surface area (Å²) in [5, 5.41) is 14.2. The van der Waals surface area contributed by atoms with Gasteiger partial charge in [-0.25, -0.2) is 9.18 Å². The zero-order chi connectivity index (χ0) is 14.4. The summed E-state index contributed by atoms with van der Waals surface area (Å²) < 4.78 is 18.3. The van der Waals surface area contributed by atoms with Crippen LogP contribution in [0, 0.1) is 5.82 Å². The van der Waals surface area contributed by atoms with Gasteiger partial charge in [0.15, 0.2) is 11.6 Å². The van der Waals surface area contributed by atoms with Crippen LogP contribution in [-0.4, -0.2) is 30.9 Å². The Labute approximate surface area is 111 Å². The number of aliphatic hydroxyl groups is 1. The Morgan fingerprint density at radius 3 is 2.68 bits per heavy atom. The summed E-state index contributed by atoms with van der Waals surface area (Å²) in [7, 11) is 1.39. The standard InChI is InChI=1S/C13H19FN2O3/c1-8(17)7-15-13(18)16-9(2)10-4-5-12(19-3)11(14)6-10/h4-6,8-9,17H,7H2,1-3H3,(H2,15,16,18)/t8-,9-/m1/s1. The van der Waals surface area contributed by atoms with Crippen LogP contribution in [0.3, 0.4) is 0 Å². The highest BCUT2D eigenvalue weighted by atomic mass is 19.1. The molecule has 1 aromatic rings. The van der Waals surface area contributed by atoms with Gasteiger partial charge in [0.2, 0.25) is 0 Å². The highest BCUT2D eigenvalue weighted by Gasteiger charge is 2.12. The lowest BCUT2D eigenvalue weighted by atomic mass is 10.1. The van der Waals surface area contributed by atoms with Crippen molar-refractivity contribution in [2.24, 2.45) is 0 Å². The van der Waals surface area contributed by atoms with E-state index >= 15 is 0 Å². The highest BCUT2D eigenvalue weighted by molar-refractivity contribution is 5.74. The van der Waals surface area contributed by atoms with Crippen molar-refractivity contribution in [3.05, 3.63) is 29.6 Å². The molecular weight excluding hydrogens is 251 g/mol. The van der Waals surface area contributed by atoms with E-state index in [4.69, 9.17) is 9.84 Å². The van der Waals surface area contributed by atoms with Gasteiger partial charge in [-0.2, -0.15) is 0 Å². The Bertz CT molecular complexity index is 438. The van der Waals surface area contributed by atoms with Crippen molar-refractivity contribution in [3.8, 4) is 5.75 Å². The monoisotopic (exact) mass is 270 g/mol. The fourth-order valence-corrected chi connectivity index (χ4v) is 1.52. The van der Waals surface area contributed by atoms with Crippen molar-refractivity contribution >= 4 is 6.03 Å². The lowest BCUT2D eigenvalue weighted by molar-refractivity contribution is 0.187. The Morgan fingerprint density at radius 1 is 1.47 bits per heavy atom. The average molecular weight is 270 g/mol. The number of benzene rings is 1. The zero-order valence-corrected chi connectivity index (χ0v) is 11.2. The maximum Gasteiger partial charge on any atom is 0.315 e. The first-order valence-corrected chi connectivity index (χ1v) is 6.00. The molecular formula is C13H19FN2O3. The van der Waals surface area contributed by atoms with E-state index in [9.17, 15) is 9.18 Å². The molecule has 0 aliphatic rings. The Hall–Kier alpha value is -1.82. The van der Waals surface area contributed by atoms with E-state index in [1.165, 1.54) is 19.2 Å². The second-order valence-electron chi connectivity index (χ2n) is 4.32. The summed E-state index contributed by atoms with van der Waals surface area (Å²) >= 11 is 0. The van der Waals surface area contributed by atoms with Crippen molar-refractivity contribution in [1.29, 1.82) is 0 Å². The summed E-state index contributed by atoms with van der Waals surface area (Å²) in [6.07, 6.45) is -0.612. The number of carbonyl (C=O) groups is 1. The SMILES string of the molecule is COc1ccc([C@@H](C)NC(=O)NC[C@@H](C)O)cc1F. The molecule has 1 aromatic carbocycles. The van der Waals surface area contributed by atoms with Crippen molar-refractivity contribution in [2.45, 2.75) is 26.0 Å². The van der Waals surface area contributed by atoms with Gasteiger partial charge in [-0.1, -0.05) is 6.07 Å². The number of hydrogen-bond acceptors (Lipinski definition) is 3. The smallest absolute Gasteiger partial charge is 0.315 e. The van der Waals surface area contributed by atoms with Gasteiger partial charge in [0, 0.05) is 6.54 Å². The molecule has 3 N–H and O–H groups in total. The Kier molecular flexibility index (Phi) is 5.57. The van der Waals surface area contributed by atoms with Crippen molar-refractivity contribution in [2.75, 3.05) is 13.7 Å². The number of ether oxygens (including phenoxy) is 1. The third-order valence-electron chi connectivity index (χ3n) is 2.58. The summed E-state index contributed by atoms with van der Waals surface area (Å²) in [5.41, 5.74) is 0.630. The zero-order valence-electron chi connectivity index (χ0n) is 11.2. The van der Waals surface area contributed by atoms with Gasteiger partial charge < -0.3 is 20.5 Å². The number of rotatable bonds is 5. The van der Waals surface area contributed by atoms with Crippen LogP contribution in [-0.2, 0) is 0 Å². The molecule has 6 heteroatoms. The van der Waals surface area contributed by atoms with Crippen molar-refractivity contribution in [3.63, 3.8) is 0 Å². The molecule has 2 atom stereocenters. The normalized spacial score (nSPS) is 13.5. The Balaban J connectivity index is 2.60. The minimum atomic E-state index is -0.612. The number of amides is 2. The molecule has 19 heavy (non-hydrogen) atoms. The predicted molar refractivity (Wildman–Crippen MR) is 69.6 cm³/mol. The lowest BCUT2D eigenvalue weighted by Crippen LogP contribution is -2.40. The maximum absolute atomic E-state index is 13.5. The molecule has 1 rings (SSSR count). The van der Waals surface area contributed by atoms with Gasteiger partial charge in [0.25, 0.3) is 0 Å². The van der Waals surface area contributed by atoms with E-state index in [-0.39, 0.29) is 18.3 Å². The fourth-order valence-electron chi connectivity index (χ4n) is 1.52. The van der Waals surface area contributed by atoms with E-state index < -0.39 is 18.0 Å². The summed E-state index contributed by atoms with van der Waals surface area (Å²) in [4.78, 5) is 11.5.